The van der Waals surface area contributed by atoms with Gasteiger partial charge in [0.1, 0.15) is 5.82 Å². The van der Waals surface area contributed by atoms with Gasteiger partial charge in [-0.2, -0.15) is 0 Å². The van der Waals surface area contributed by atoms with Crippen LogP contribution in [0.3, 0.4) is 0 Å². The van der Waals surface area contributed by atoms with Gasteiger partial charge >= 0.3 is 0 Å². The molecule has 0 bridgehead atoms. The van der Waals surface area contributed by atoms with E-state index >= 15 is 0 Å². The van der Waals surface area contributed by atoms with Crippen molar-refractivity contribution < 1.29 is 9.18 Å². The predicted molar refractivity (Wildman–Crippen MR) is 100 cm³/mol. The Bertz CT molecular complexity index is 918. The third-order valence-electron chi connectivity index (χ3n) is 3.35. The quantitative estimate of drug-likeness (QED) is 0.682. The minimum Gasteiger partial charge on any atom is -0.346 e. The van der Waals surface area contributed by atoms with Crippen LogP contribution in [0.25, 0.3) is 11.1 Å². The van der Waals surface area contributed by atoms with Crippen LogP contribution in [0.2, 0.25) is 0 Å². The predicted octanol–water partition coefficient (Wildman–Crippen LogP) is 4.71. The van der Waals surface area contributed by atoms with E-state index in [1.807, 2.05) is 24.4 Å². The molecule has 4 nitrogen and oxygen atoms in total. The first-order valence-electron chi connectivity index (χ1n) is 7.31. The topological polar surface area (TPSA) is 54.9 Å². The first kappa shape index (κ1) is 17.7. The molecule has 0 radical (unpaired) electrons. The zero-order chi connectivity index (χ0) is 17.8. The van der Waals surface area contributed by atoms with E-state index in [0.29, 0.717) is 10.0 Å². The van der Waals surface area contributed by atoms with Gasteiger partial charge in [0.25, 0.3) is 5.91 Å². The molecule has 0 aliphatic heterocycles. The van der Waals surface area contributed by atoms with E-state index in [1.54, 1.807) is 23.5 Å². The van der Waals surface area contributed by atoms with E-state index in [2.05, 4.69) is 15.5 Å². The van der Waals surface area contributed by atoms with Gasteiger partial charge in [0, 0.05) is 11.4 Å². The van der Waals surface area contributed by atoms with Crippen LogP contribution in [0, 0.1) is 12.7 Å². The molecule has 0 saturated carbocycles. The summed E-state index contributed by atoms with van der Waals surface area (Å²) in [5.74, 6) is -0.656. The lowest BCUT2D eigenvalue weighted by atomic mass is 10.2. The lowest BCUT2D eigenvalue weighted by Gasteiger charge is -2.02. The van der Waals surface area contributed by atoms with Gasteiger partial charge in [0.05, 0.1) is 5.03 Å². The van der Waals surface area contributed by atoms with Crippen LogP contribution in [0.1, 0.15) is 30.8 Å². The van der Waals surface area contributed by atoms with Gasteiger partial charge in [0.15, 0.2) is 5.01 Å². The number of carbonyl (C=O) groups is 1. The van der Waals surface area contributed by atoms with E-state index in [-0.39, 0.29) is 23.3 Å². The minimum atomic E-state index is -0.343. The smallest absolute Gasteiger partial charge is 0.282 e. The van der Waals surface area contributed by atoms with Gasteiger partial charge in [-0.3, -0.25) is 4.79 Å². The summed E-state index contributed by atoms with van der Waals surface area (Å²) >= 11 is 8.99. The summed E-state index contributed by atoms with van der Waals surface area (Å²) in [5, 5.41) is 13.7. The van der Waals surface area contributed by atoms with Crippen molar-refractivity contribution in [1.29, 1.82) is 0 Å². The summed E-state index contributed by atoms with van der Waals surface area (Å²) in [7, 11) is 0. The maximum atomic E-state index is 12.9. The minimum absolute atomic E-state index is 0.228. The number of nitrogens with one attached hydrogen (secondary N) is 1. The zero-order valence-corrected chi connectivity index (χ0v) is 15.5. The molecule has 0 aliphatic carbocycles. The summed E-state index contributed by atoms with van der Waals surface area (Å²) in [6.07, 6.45) is 1.82. The molecule has 0 unspecified atom stereocenters. The van der Waals surface area contributed by atoms with Crippen LogP contribution in [-0.4, -0.2) is 16.1 Å². The second-order valence-electron chi connectivity index (χ2n) is 5.18. The second-order valence-corrected chi connectivity index (χ2v) is 7.51. The van der Waals surface area contributed by atoms with Crippen molar-refractivity contribution in [2.45, 2.75) is 13.5 Å². The number of benzene rings is 1. The fourth-order valence-electron chi connectivity index (χ4n) is 1.98. The van der Waals surface area contributed by atoms with Gasteiger partial charge in [-0.15, -0.1) is 21.5 Å². The van der Waals surface area contributed by atoms with Crippen LogP contribution >= 0.6 is 34.3 Å². The normalized spacial score (nSPS) is 11.6. The van der Waals surface area contributed by atoms with E-state index in [0.717, 1.165) is 27.3 Å². The van der Waals surface area contributed by atoms with Crippen LogP contribution < -0.4 is 5.32 Å². The average Bonchev–Trinajstić information content (AvgIpc) is 3.24. The zero-order valence-electron chi connectivity index (χ0n) is 13.1. The summed E-state index contributed by atoms with van der Waals surface area (Å²) in [4.78, 5) is 13.2. The van der Waals surface area contributed by atoms with E-state index in [4.69, 9.17) is 11.6 Å². The fourth-order valence-corrected chi connectivity index (χ4v) is 3.83. The molecule has 0 saturated heterocycles. The number of nitrogens with zero attached hydrogens (tertiary/aromatic N) is 2. The van der Waals surface area contributed by atoms with Gasteiger partial charge < -0.3 is 5.32 Å². The van der Waals surface area contributed by atoms with E-state index in [1.165, 1.54) is 12.1 Å². The third-order valence-corrected chi connectivity index (χ3v) is 5.67. The third kappa shape index (κ3) is 4.50. The van der Waals surface area contributed by atoms with Crippen molar-refractivity contribution in [2.75, 3.05) is 0 Å². The molecular weight excluding hydrogens is 381 g/mol. The van der Waals surface area contributed by atoms with Gasteiger partial charge in [0.2, 0.25) is 5.01 Å². The molecule has 8 heteroatoms. The van der Waals surface area contributed by atoms with Crippen molar-refractivity contribution in [3.8, 4) is 0 Å². The Hall–Kier alpha value is -2.09. The SMILES string of the molecule is Cc1ccsc1/C=C(\Cl)c1nnc(C(=O)NCc2ccc(F)cc2)s1. The van der Waals surface area contributed by atoms with Crippen molar-refractivity contribution in [1.82, 2.24) is 15.5 Å². The van der Waals surface area contributed by atoms with Gasteiger partial charge in [-0.1, -0.05) is 35.1 Å². The highest BCUT2D eigenvalue weighted by atomic mass is 35.5. The number of thiophene rings is 1. The van der Waals surface area contributed by atoms with Crippen molar-refractivity contribution in [2.24, 2.45) is 0 Å². The first-order valence-corrected chi connectivity index (χ1v) is 9.38. The van der Waals surface area contributed by atoms with Crippen LogP contribution in [0.4, 0.5) is 4.39 Å². The summed E-state index contributed by atoms with van der Waals surface area (Å²) in [6.45, 7) is 2.28. The number of aryl methyl sites for hydroxylation is 1. The molecule has 0 atom stereocenters. The molecule has 1 aromatic carbocycles. The van der Waals surface area contributed by atoms with Crippen molar-refractivity contribution in [3.63, 3.8) is 0 Å². The number of halogens is 2. The van der Waals surface area contributed by atoms with Crippen LogP contribution in [0.15, 0.2) is 35.7 Å². The molecule has 2 aromatic heterocycles. The largest absolute Gasteiger partial charge is 0.346 e. The molecule has 2 heterocycles. The molecular formula is C17H13ClFN3OS2. The fraction of sp³-hybridized carbons (Fsp3) is 0.118. The maximum Gasteiger partial charge on any atom is 0.282 e. The number of carbonyl (C=O) groups excluding carboxylic acids is 1. The van der Waals surface area contributed by atoms with E-state index in [9.17, 15) is 9.18 Å². The number of hydrogen-bond donors (Lipinski definition) is 1. The molecule has 1 N–H and O–H groups in total. The molecule has 3 rings (SSSR count). The Labute approximate surface area is 157 Å². The van der Waals surface area contributed by atoms with E-state index < -0.39 is 0 Å². The lowest BCUT2D eigenvalue weighted by molar-refractivity contribution is 0.0950. The number of aromatic nitrogens is 2. The van der Waals surface area contributed by atoms with Crippen LogP contribution in [0.5, 0.6) is 0 Å². The highest BCUT2D eigenvalue weighted by Gasteiger charge is 2.14. The lowest BCUT2D eigenvalue weighted by Crippen LogP contribution is -2.22. The van der Waals surface area contributed by atoms with Gasteiger partial charge in [-0.05, 0) is 47.7 Å². The molecule has 25 heavy (non-hydrogen) atoms. The van der Waals surface area contributed by atoms with Crippen molar-refractivity contribution in [3.05, 3.63) is 67.5 Å². The molecule has 0 spiro atoms. The molecule has 3 aromatic rings. The number of amides is 1. The van der Waals surface area contributed by atoms with Crippen LogP contribution in [-0.2, 0) is 6.54 Å². The van der Waals surface area contributed by atoms with Crippen molar-refractivity contribution >= 4 is 51.3 Å². The maximum absolute atomic E-state index is 12.9. The Morgan fingerprint density at radius 2 is 1.96 bits per heavy atom. The highest BCUT2D eigenvalue weighted by Crippen LogP contribution is 2.28. The molecule has 0 aliphatic rings. The standard InChI is InChI=1S/C17H13ClFN3OS2/c1-10-6-7-24-14(10)8-13(18)16-21-22-17(25-16)15(23)20-9-11-2-4-12(19)5-3-11/h2-8H,9H2,1H3,(H,20,23)/b13-8-. The Kier molecular flexibility index (Phi) is 5.57. The Balaban J connectivity index is 1.66. The number of rotatable bonds is 5. The summed E-state index contributed by atoms with van der Waals surface area (Å²) in [6, 6.07) is 7.94. The monoisotopic (exact) mass is 393 g/mol. The first-order chi connectivity index (χ1) is 12.0. The summed E-state index contributed by atoms with van der Waals surface area (Å²) < 4.78 is 12.9. The van der Waals surface area contributed by atoms with Gasteiger partial charge in [-0.25, -0.2) is 4.39 Å². The molecule has 128 valence electrons. The number of hydrogen-bond acceptors (Lipinski definition) is 5. The molecule has 1 amide bonds. The average molecular weight is 394 g/mol. The Morgan fingerprint density at radius 1 is 1.24 bits per heavy atom. The second kappa shape index (κ2) is 7.86. The Morgan fingerprint density at radius 3 is 2.64 bits per heavy atom. The summed E-state index contributed by atoms with van der Waals surface area (Å²) in [5.41, 5.74) is 1.93. The highest BCUT2D eigenvalue weighted by molar-refractivity contribution is 7.15. The molecule has 0 fully saturated rings.